The molecule has 0 saturated carbocycles. The van der Waals surface area contributed by atoms with E-state index in [2.05, 4.69) is 10.2 Å². The number of aliphatic hydroxyl groups excluding tert-OH is 1. The van der Waals surface area contributed by atoms with Crippen LogP contribution < -0.4 is 5.32 Å². The molecule has 0 aliphatic carbocycles. The third-order valence-electron chi connectivity index (χ3n) is 5.45. The highest BCUT2D eigenvalue weighted by atomic mass is 19.4. The van der Waals surface area contributed by atoms with Gasteiger partial charge >= 0.3 is 6.18 Å². The number of aliphatic hydroxyl groups is 1. The van der Waals surface area contributed by atoms with Gasteiger partial charge in [0.15, 0.2) is 0 Å². The van der Waals surface area contributed by atoms with E-state index >= 15 is 0 Å². The molecule has 0 spiro atoms. The van der Waals surface area contributed by atoms with Crippen LogP contribution >= 0.6 is 0 Å². The van der Waals surface area contributed by atoms with E-state index in [1.807, 2.05) is 0 Å². The Balaban J connectivity index is 1.71. The van der Waals surface area contributed by atoms with Crippen molar-refractivity contribution in [1.29, 1.82) is 0 Å². The number of benzene rings is 1. The van der Waals surface area contributed by atoms with E-state index in [1.54, 1.807) is 7.05 Å². The maximum Gasteiger partial charge on any atom is 0.416 e. The predicted molar refractivity (Wildman–Crippen MR) is 99.0 cm³/mol. The van der Waals surface area contributed by atoms with Crippen molar-refractivity contribution in [1.82, 2.24) is 10.2 Å². The maximum atomic E-state index is 12.8. The number of hydrogen-bond acceptors (Lipinski definition) is 5. The van der Waals surface area contributed by atoms with Gasteiger partial charge in [-0.3, -0.25) is 9.69 Å². The average molecular weight is 416 g/mol. The van der Waals surface area contributed by atoms with Crippen molar-refractivity contribution in [2.24, 2.45) is 0 Å². The Morgan fingerprint density at radius 1 is 1.24 bits per heavy atom. The number of ether oxygens (including phenoxy) is 2. The number of hydrogen-bond donors (Lipinski definition) is 2. The zero-order valence-electron chi connectivity index (χ0n) is 16.3. The van der Waals surface area contributed by atoms with Crippen LogP contribution in [0.4, 0.5) is 13.2 Å². The first-order chi connectivity index (χ1) is 13.8. The van der Waals surface area contributed by atoms with Crippen LogP contribution in [-0.4, -0.2) is 67.1 Å². The zero-order valence-corrected chi connectivity index (χ0v) is 16.3. The van der Waals surface area contributed by atoms with E-state index in [4.69, 9.17) is 9.47 Å². The zero-order chi connectivity index (χ0) is 21.0. The smallest absolute Gasteiger partial charge is 0.389 e. The van der Waals surface area contributed by atoms with Gasteiger partial charge < -0.3 is 19.9 Å². The molecule has 2 aliphatic heterocycles. The lowest BCUT2D eigenvalue weighted by atomic mass is 9.94. The first-order valence-electron chi connectivity index (χ1n) is 9.78. The number of carbonyl (C=O) groups excluding carboxylic acids is 1. The maximum absolute atomic E-state index is 12.8. The van der Waals surface area contributed by atoms with E-state index in [0.29, 0.717) is 26.1 Å². The van der Waals surface area contributed by atoms with E-state index in [-0.39, 0.29) is 37.2 Å². The third kappa shape index (κ3) is 5.91. The van der Waals surface area contributed by atoms with Crippen LogP contribution in [0.15, 0.2) is 24.3 Å². The number of nitrogens with one attached hydrogen (secondary N) is 1. The van der Waals surface area contributed by atoms with Gasteiger partial charge in [0.25, 0.3) is 0 Å². The second kappa shape index (κ2) is 9.42. The molecule has 162 valence electrons. The molecule has 9 heteroatoms. The summed E-state index contributed by atoms with van der Waals surface area (Å²) in [4.78, 5) is 13.7. The highest BCUT2D eigenvalue weighted by Gasteiger charge is 2.38. The van der Waals surface area contributed by atoms with Gasteiger partial charge in [-0.25, -0.2) is 0 Å². The molecule has 1 amide bonds. The van der Waals surface area contributed by atoms with Gasteiger partial charge in [-0.1, -0.05) is 12.1 Å². The predicted octanol–water partition coefficient (Wildman–Crippen LogP) is 1.95. The van der Waals surface area contributed by atoms with Gasteiger partial charge in [-0.15, -0.1) is 0 Å². The molecule has 2 heterocycles. The number of halogens is 3. The minimum Gasteiger partial charge on any atom is -0.389 e. The molecule has 4 atom stereocenters. The monoisotopic (exact) mass is 416 g/mol. The Labute approximate surface area is 168 Å². The highest BCUT2D eigenvalue weighted by molar-refractivity contribution is 5.76. The summed E-state index contributed by atoms with van der Waals surface area (Å²) in [5.41, 5.74) is 0.0520. The summed E-state index contributed by atoms with van der Waals surface area (Å²) in [6.07, 6.45) is -3.79. The molecular formula is C20H27F3N2O4. The van der Waals surface area contributed by atoms with Crippen molar-refractivity contribution in [3.8, 4) is 0 Å². The minimum atomic E-state index is -4.37. The first kappa shape index (κ1) is 22.0. The van der Waals surface area contributed by atoms with Crippen LogP contribution in [0.25, 0.3) is 0 Å². The molecule has 2 aliphatic rings. The Kier molecular flexibility index (Phi) is 7.15. The number of β-amino-alcohol motifs (C(OH)–C–C–N with tert-alkyl or cyclic N) is 1. The van der Waals surface area contributed by atoms with Crippen LogP contribution in [0.1, 0.15) is 30.4 Å². The molecule has 0 bridgehead atoms. The standard InChI is InChI=1S/C20H27F3N2O4/c1-24-19(27)8-16-6-7-17-18(29-16)12-28-11-15(26)10-25(17)9-13-2-4-14(5-3-13)20(21,22)23/h2-5,15-18,26H,6-12H2,1H3,(H,24,27)/t15-,16-,17+,18-/m0/s1. The first-order valence-corrected chi connectivity index (χ1v) is 9.78. The Bertz CT molecular complexity index is 683. The quantitative estimate of drug-likeness (QED) is 0.785. The van der Waals surface area contributed by atoms with Gasteiger partial charge in [0, 0.05) is 26.2 Å². The van der Waals surface area contributed by atoms with E-state index < -0.39 is 17.8 Å². The molecule has 0 unspecified atom stereocenters. The van der Waals surface area contributed by atoms with Gasteiger partial charge in [0.2, 0.25) is 5.91 Å². The second-order valence-corrected chi connectivity index (χ2v) is 7.63. The molecule has 1 aromatic carbocycles. The minimum absolute atomic E-state index is 0.0480. The van der Waals surface area contributed by atoms with Crippen molar-refractivity contribution in [3.05, 3.63) is 35.4 Å². The van der Waals surface area contributed by atoms with Gasteiger partial charge in [0.1, 0.15) is 0 Å². The number of carbonyl (C=O) groups is 1. The Hall–Kier alpha value is -1.68. The summed E-state index contributed by atoms with van der Waals surface area (Å²) >= 11 is 0. The Morgan fingerprint density at radius 2 is 1.97 bits per heavy atom. The van der Waals surface area contributed by atoms with E-state index in [1.165, 1.54) is 12.1 Å². The lowest BCUT2D eigenvalue weighted by molar-refractivity contribution is -0.158. The van der Waals surface area contributed by atoms with Crippen molar-refractivity contribution >= 4 is 5.91 Å². The fourth-order valence-corrected chi connectivity index (χ4v) is 3.97. The molecular weight excluding hydrogens is 389 g/mol. The summed E-state index contributed by atoms with van der Waals surface area (Å²) in [6, 6.07) is 5.04. The lowest BCUT2D eigenvalue weighted by Crippen LogP contribution is -2.55. The summed E-state index contributed by atoms with van der Waals surface area (Å²) < 4.78 is 50.1. The molecule has 6 nitrogen and oxygen atoms in total. The topological polar surface area (TPSA) is 71.0 Å². The van der Waals surface area contributed by atoms with E-state index in [0.717, 1.165) is 24.1 Å². The molecule has 0 radical (unpaired) electrons. The van der Waals surface area contributed by atoms with Crippen LogP contribution in [0.5, 0.6) is 0 Å². The van der Waals surface area contributed by atoms with Gasteiger partial charge in [-0.05, 0) is 30.5 Å². The van der Waals surface area contributed by atoms with Crippen molar-refractivity contribution < 1.29 is 32.5 Å². The Morgan fingerprint density at radius 3 is 2.62 bits per heavy atom. The number of rotatable bonds is 4. The molecule has 2 N–H and O–H groups in total. The van der Waals surface area contributed by atoms with Crippen LogP contribution in [0.3, 0.4) is 0 Å². The summed E-state index contributed by atoms with van der Waals surface area (Å²) in [7, 11) is 1.58. The molecule has 2 fully saturated rings. The van der Waals surface area contributed by atoms with Crippen LogP contribution in [0.2, 0.25) is 0 Å². The average Bonchev–Trinajstić information content (AvgIpc) is 2.66. The molecule has 1 aromatic rings. The van der Waals surface area contributed by atoms with Crippen LogP contribution in [-0.2, 0) is 27.0 Å². The molecule has 29 heavy (non-hydrogen) atoms. The molecule has 3 rings (SSSR count). The summed E-state index contributed by atoms with van der Waals surface area (Å²) in [6.45, 7) is 1.21. The molecule has 0 aromatic heterocycles. The number of fused-ring (bicyclic) bond motifs is 1. The normalized spacial score (nSPS) is 28.9. The number of amides is 1. The van der Waals surface area contributed by atoms with E-state index in [9.17, 15) is 23.1 Å². The van der Waals surface area contributed by atoms with Crippen molar-refractivity contribution in [2.45, 2.75) is 56.3 Å². The summed E-state index contributed by atoms with van der Waals surface area (Å²) in [5.74, 6) is -0.0859. The van der Waals surface area contributed by atoms with Gasteiger partial charge in [-0.2, -0.15) is 13.2 Å². The fraction of sp³-hybridized carbons (Fsp3) is 0.650. The SMILES string of the molecule is CNC(=O)C[C@@H]1CC[C@@H]2[C@H](COC[C@@H](O)CN2Cc2ccc(C(F)(F)F)cc2)O1. The second-order valence-electron chi connectivity index (χ2n) is 7.63. The van der Waals surface area contributed by atoms with Crippen molar-refractivity contribution in [3.63, 3.8) is 0 Å². The van der Waals surface area contributed by atoms with Gasteiger partial charge in [0.05, 0.1) is 43.5 Å². The number of alkyl halides is 3. The van der Waals surface area contributed by atoms with Crippen molar-refractivity contribution in [2.75, 3.05) is 26.8 Å². The fourth-order valence-electron chi connectivity index (χ4n) is 3.97. The lowest BCUT2D eigenvalue weighted by Gasteiger charge is -2.44. The number of nitrogens with zero attached hydrogens (tertiary/aromatic N) is 1. The summed E-state index contributed by atoms with van der Waals surface area (Å²) in [5, 5.41) is 12.8. The van der Waals surface area contributed by atoms with Crippen LogP contribution in [0, 0.1) is 0 Å². The largest absolute Gasteiger partial charge is 0.416 e. The highest BCUT2D eigenvalue weighted by Crippen LogP contribution is 2.31. The molecule has 2 saturated heterocycles. The third-order valence-corrected chi connectivity index (χ3v) is 5.45.